The summed E-state index contributed by atoms with van der Waals surface area (Å²) in [5, 5.41) is 9.27. The Morgan fingerprint density at radius 3 is 1.23 bits per heavy atom. The summed E-state index contributed by atoms with van der Waals surface area (Å²) in [5.41, 5.74) is 22.7. The molecule has 15 aromatic rings. The van der Waals surface area contributed by atoms with E-state index in [4.69, 9.17) is 8.83 Å². The molecule has 71 heavy (non-hydrogen) atoms. The molecule has 0 amide bonds. The standard InChI is InChI=1S/C67H38N2O2/c1-2-14-41(15-3-1)68-59-30-26-39(32-49(59)51-35-53-47-19-7-12-24-63(47)70-65(53)37-61(51)68)40-27-31-60-50(33-40)52-36-54-48-20-8-13-25-64(48)71-66(54)38-62(52)69(60)42-28-29-46-45-18-6-11-23-57(45)67(58(46)34-42)55-21-9-4-16-43(55)44-17-5-10-22-56(44)67/h1-38H. The van der Waals surface area contributed by atoms with Crippen molar-refractivity contribution in [3.63, 3.8) is 0 Å². The zero-order valence-corrected chi connectivity index (χ0v) is 38.2. The Labute approximate surface area is 406 Å². The molecule has 2 aliphatic rings. The van der Waals surface area contributed by atoms with E-state index in [-0.39, 0.29) is 0 Å². The maximum absolute atomic E-state index is 6.65. The minimum absolute atomic E-state index is 0.453. The molecule has 0 atom stereocenters. The Morgan fingerprint density at radius 2 is 0.690 bits per heavy atom. The normalized spacial score (nSPS) is 13.5. The maximum atomic E-state index is 6.65. The van der Waals surface area contributed by atoms with Crippen LogP contribution in [0.15, 0.2) is 239 Å². The third-order valence-electron chi connectivity index (χ3n) is 16.1. The van der Waals surface area contributed by atoms with Crippen molar-refractivity contribution in [2.45, 2.75) is 5.41 Å². The molecule has 328 valence electrons. The molecule has 0 unspecified atom stereocenters. The van der Waals surface area contributed by atoms with E-state index < -0.39 is 5.41 Å². The van der Waals surface area contributed by atoms with Gasteiger partial charge in [0.2, 0.25) is 0 Å². The number of hydrogen-bond donors (Lipinski definition) is 0. The summed E-state index contributed by atoms with van der Waals surface area (Å²) in [6, 6.07) is 85.0. The molecule has 2 aliphatic carbocycles. The Balaban J connectivity index is 0.918. The Hall–Kier alpha value is -9.38. The Kier molecular flexibility index (Phi) is 7.11. The van der Waals surface area contributed by atoms with Gasteiger partial charge in [-0.25, -0.2) is 0 Å². The van der Waals surface area contributed by atoms with Gasteiger partial charge in [0.05, 0.1) is 27.5 Å². The quantitative estimate of drug-likeness (QED) is 0.177. The van der Waals surface area contributed by atoms with Gasteiger partial charge in [0.1, 0.15) is 22.3 Å². The number of rotatable bonds is 3. The van der Waals surface area contributed by atoms with Crippen molar-refractivity contribution in [2.75, 3.05) is 0 Å². The molecule has 4 heteroatoms. The number of para-hydroxylation sites is 3. The average molecular weight is 903 g/mol. The molecule has 4 heterocycles. The first kappa shape index (κ1) is 37.6. The smallest absolute Gasteiger partial charge is 0.137 e. The molecule has 4 nitrogen and oxygen atoms in total. The van der Waals surface area contributed by atoms with Crippen LogP contribution in [0.5, 0.6) is 0 Å². The van der Waals surface area contributed by atoms with Crippen LogP contribution < -0.4 is 0 Å². The summed E-state index contributed by atoms with van der Waals surface area (Å²) in [6.07, 6.45) is 0. The summed E-state index contributed by atoms with van der Waals surface area (Å²) >= 11 is 0. The molecular weight excluding hydrogens is 865 g/mol. The van der Waals surface area contributed by atoms with E-state index in [1.807, 2.05) is 6.07 Å². The Morgan fingerprint density at radius 1 is 0.254 bits per heavy atom. The van der Waals surface area contributed by atoms with Gasteiger partial charge in [0, 0.05) is 66.6 Å². The van der Waals surface area contributed by atoms with E-state index >= 15 is 0 Å². The van der Waals surface area contributed by atoms with Crippen molar-refractivity contribution in [3.8, 4) is 44.8 Å². The van der Waals surface area contributed by atoms with Crippen molar-refractivity contribution in [1.29, 1.82) is 0 Å². The zero-order valence-electron chi connectivity index (χ0n) is 38.2. The first-order valence-corrected chi connectivity index (χ1v) is 24.5. The predicted molar refractivity (Wildman–Crippen MR) is 291 cm³/mol. The number of fused-ring (bicyclic) bond motifs is 22. The lowest BCUT2D eigenvalue weighted by Crippen LogP contribution is -2.26. The van der Waals surface area contributed by atoms with Crippen LogP contribution >= 0.6 is 0 Å². The maximum Gasteiger partial charge on any atom is 0.137 e. The van der Waals surface area contributed by atoms with Crippen LogP contribution in [0.3, 0.4) is 0 Å². The second-order valence-electron chi connectivity index (χ2n) is 19.5. The molecule has 1 spiro atoms. The summed E-state index contributed by atoms with van der Waals surface area (Å²) in [6.45, 7) is 0. The van der Waals surface area contributed by atoms with Crippen LogP contribution in [0.4, 0.5) is 0 Å². The van der Waals surface area contributed by atoms with Crippen LogP contribution in [0.1, 0.15) is 22.3 Å². The second-order valence-corrected chi connectivity index (χ2v) is 19.5. The van der Waals surface area contributed by atoms with E-state index in [1.165, 1.54) is 66.1 Å². The van der Waals surface area contributed by atoms with Gasteiger partial charge in [0.25, 0.3) is 0 Å². The van der Waals surface area contributed by atoms with Gasteiger partial charge in [-0.2, -0.15) is 0 Å². The topological polar surface area (TPSA) is 36.1 Å². The minimum Gasteiger partial charge on any atom is -0.456 e. The summed E-state index contributed by atoms with van der Waals surface area (Å²) in [7, 11) is 0. The van der Waals surface area contributed by atoms with Crippen molar-refractivity contribution in [3.05, 3.63) is 253 Å². The van der Waals surface area contributed by atoms with Crippen LogP contribution in [0, 0.1) is 0 Å². The molecule has 0 radical (unpaired) electrons. The van der Waals surface area contributed by atoms with Crippen LogP contribution in [-0.2, 0) is 5.41 Å². The molecule has 4 aromatic heterocycles. The largest absolute Gasteiger partial charge is 0.456 e. The summed E-state index contributed by atoms with van der Waals surface area (Å²) in [5.74, 6) is 0. The molecule has 11 aromatic carbocycles. The fourth-order valence-electron chi connectivity index (χ4n) is 13.2. The highest BCUT2D eigenvalue weighted by Crippen LogP contribution is 2.63. The SMILES string of the molecule is c1ccc(-n2c3ccc(-c4ccc5c(c4)c4cc6c(cc4n5-c4ccc5c(c4)C4(c7ccccc7-c7ccccc74)c4ccccc4-5)oc4ccccc46)cc3c3cc4c(cc32)oc2ccccc24)cc1. The van der Waals surface area contributed by atoms with E-state index in [9.17, 15) is 0 Å². The number of nitrogens with zero attached hydrogens (tertiary/aromatic N) is 2. The molecule has 0 saturated carbocycles. The van der Waals surface area contributed by atoms with Gasteiger partial charge in [-0.3, -0.25) is 0 Å². The second kappa shape index (κ2) is 13.4. The zero-order chi connectivity index (χ0) is 46.1. The highest BCUT2D eigenvalue weighted by atomic mass is 16.3. The van der Waals surface area contributed by atoms with Crippen molar-refractivity contribution in [1.82, 2.24) is 9.13 Å². The van der Waals surface area contributed by atoms with E-state index in [2.05, 4.69) is 234 Å². The molecule has 0 N–H and O–H groups in total. The third kappa shape index (κ3) is 4.79. The number of furan rings is 2. The minimum atomic E-state index is -0.453. The van der Waals surface area contributed by atoms with E-state index in [0.717, 1.165) is 88.4 Å². The van der Waals surface area contributed by atoms with E-state index in [0.29, 0.717) is 0 Å². The molecule has 0 fully saturated rings. The predicted octanol–water partition coefficient (Wildman–Crippen LogP) is 17.7. The van der Waals surface area contributed by atoms with Crippen LogP contribution in [0.2, 0.25) is 0 Å². The molecular formula is C67H38N2O2. The van der Waals surface area contributed by atoms with Crippen molar-refractivity contribution < 1.29 is 8.83 Å². The van der Waals surface area contributed by atoms with E-state index in [1.54, 1.807) is 0 Å². The van der Waals surface area contributed by atoms with Gasteiger partial charge in [-0.05, 0) is 128 Å². The lowest BCUT2D eigenvalue weighted by molar-refractivity contribution is 0.669. The molecule has 0 bridgehead atoms. The number of benzene rings is 11. The third-order valence-corrected chi connectivity index (χ3v) is 16.1. The molecule has 0 aliphatic heterocycles. The first-order chi connectivity index (χ1) is 35.2. The van der Waals surface area contributed by atoms with Gasteiger partial charge in [-0.15, -0.1) is 0 Å². The van der Waals surface area contributed by atoms with Crippen molar-refractivity contribution in [2.24, 2.45) is 0 Å². The van der Waals surface area contributed by atoms with Crippen LogP contribution in [0.25, 0.3) is 132 Å². The van der Waals surface area contributed by atoms with Gasteiger partial charge in [0.15, 0.2) is 0 Å². The highest BCUT2D eigenvalue weighted by Gasteiger charge is 2.51. The lowest BCUT2D eigenvalue weighted by Gasteiger charge is -2.30. The van der Waals surface area contributed by atoms with Crippen molar-refractivity contribution >= 4 is 87.5 Å². The molecule has 17 rings (SSSR count). The monoisotopic (exact) mass is 902 g/mol. The first-order valence-electron chi connectivity index (χ1n) is 24.5. The van der Waals surface area contributed by atoms with Gasteiger partial charge < -0.3 is 18.0 Å². The number of hydrogen-bond acceptors (Lipinski definition) is 2. The highest BCUT2D eigenvalue weighted by molar-refractivity contribution is 6.20. The fourth-order valence-corrected chi connectivity index (χ4v) is 13.2. The summed E-state index contributed by atoms with van der Waals surface area (Å²) in [4.78, 5) is 0. The van der Waals surface area contributed by atoms with Crippen LogP contribution in [-0.4, -0.2) is 9.13 Å². The lowest BCUT2D eigenvalue weighted by atomic mass is 9.70. The number of aromatic nitrogens is 2. The molecule has 0 saturated heterocycles. The Bertz CT molecular complexity index is 4760. The van der Waals surface area contributed by atoms with Gasteiger partial charge >= 0.3 is 0 Å². The average Bonchev–Trinajstić information content (AvgIpc) is 4.27. The van der Waals surface area contributed by atoms with Gasteiger partial charge in [-0.1, -0.05) is 146 Å². The summed E-state index contributed by atoms with van der Waals surface area (Å²) < 4.78 is 18.0. The fraction of sp³-hybridized carbons (Fsp3) is 0.0149.